The molecule has 0 fully saturated rings. The first kappa shape index (κ1) is 22.7. The van der Waals surface area contributed by atoms with Crippen molar-refractivity contribution in [1.82, 2.24) is 5.32 Å². The molecule has 158 valence electrons. The Labute approximate surface area is 173 Å². The maximum Gasteiger partial charge on any atom is 0.244 e. The number of sulfonamides is 1. The van der Waals surface area contributed by atoms with Crippen LogP contribution in [0.3, 0.4) is 0 Å². The van der Waals surface area contributed by atoms with Crippen LogP contribution >= 0.6 is 0 Å². The standard InChI is InChI=1S/C22H30N2O4S/c1-7-20(18-10-12-19(28-5)13-11-18)23-22(25)17(4)24(29(6,26)27)21-14-15(2)8-9-16(21)3/h8-14,17,20H,7H2,1-6H3,(H,23,25). The minimum Gasteiger partial charge on any atom is -0.497 e. The summed E-state index contributed by atoms with van der Waals surface area (Å²) in [5.74, 6) is 0.389. The Hall–Kier alpha value is -2.54. The van der Waals surface area contributed by atoms with E-state index < -0.39 is 16.1 Å². The molecule has 0 radical (unpaired) electrons. The molecule has 2 rings (SSSR count). The van der Waals surface area contributed by atoms with Crippen LogP contribution in [0.25, 0.3) is 0 Å². The molecule has 2 aromatic carbocycles. The lowest BCUT2D eigenvalue weighted by atomic mass is 10.0. The molecule has 29 heavy (non-hydrogen) atoms. The summed E-state index contributed by atoms with van der Waals surface area (Å²) < 4.78 is 31.5. The van der Waals surface area contributed by atoms with E-state index in [-0.39, 0.29) is 11.9 Å². The van der Waals surface area contributed by atoms with Crippen LogP contribution in [0.1, 0.15) is 43.0 Å². The van der Waals surface area contributed by atoms with Crippen molar-refractivity contribution in [3.8, 4) is 5.75 Å². The third-order valence-electron chi connectivity index (χ3n) is 4.93. The Morgan fingerprint density at radius 1 is 1.14 bits per heavy atom. The number of hydrogen-bond donors (Lipinski definition) is 1. The molecule has 1 amide bonds. The van der Waals surface area contributed by atoms with Crippen molar-refractivity contribution >= 4 is 21.6 Å². The van der Waals surface area contributed by atoms with Gasteiger partial charge in [0, 0.05) is 0 Å². The molecule has 7 heteroatoms. The van der Waals surface area contributed by atoms with Gasteiger partial charge < -0.3 is 10.1 Å². The number of amides is 1. The molecule has 0 saturated carbocycles. The first-order chi connectivity index (χ1) is 13.6. The highest BCUT2D eigenvalue weighted by Crippen LogP contribution is 2.27. The summed E-state index contributed by atoms with van der Waals surface area (Å²) in [6, 6.07) is 11.9. The van der Waals surface area contributed by atoms with Gasteiger partial charge in [0.25, 0.3) is 0 Å². The molecule has 0 aliphatic rings. The summed E-state index contributed by atoms with van der Waals surface area (Å²) in [5, 5.41) is 2.99. The summed E-state index contributed by atoms with van der Waals surface area (Å²) in [5.41, 5.74) is 3.18. The first-order valence-corrected chi connectivity index (χ1v) is 11.4. The second kappa shape index (κ2) is 9.31. The summed E-state index contributed by atoms with van der Waals surface area (Å²) in [6.07, 6.45) is 1.80. The number of nitrogens with zero attached hydrogens (tertiary/aromatic N) is 1. The average molecular weight is 419 g/mol. The van der Waals surface area contributed by atoms with E-state index in [1.54, 1.807) is 20.1 Å². The Morgan fingerprint density at radius 2 is 1.76 bits per heavy atom. The van der Waals surface area contributed by atoms with Crippen molar-refractivity contribution in [3.05, 3.63) is 59.2 Å². The van der Waals surface area contributed by atoms with Crippen molar-refractivity contribution in [2.24, 2.45) is 0 Å². The number of ether oxygens (including phenoxy) is 1. The monoisotopic (exact) mass is 418 g/mol. The summed E-state index contributed by atoms with van der Waals surface area (Å²) in [4.78, 5) is 13.0. The second-order valence-electron chi connectivity index (χ2n) is 7.27. The highest BCUT2D eigenvalue weighted by molar-refractivity contribution is 7.92. The number of rotatable bonds is 8. The van der Waals surface area contributed by atoms with E-state index >= 15 is 0 Å². The van der Waals surface area contributed by atoms with Crippen LogP contribution in [0, 0.1) is 13.8 Å². The topological polar surface area (TPSA) is 75.7 Å². The minimum absolute atomic E-state index is 0.226. The van der Waals surface area contributed by atoms with Gasteiger partial charge in [-0.3, -0.25) is 9.10 Å². The molecule has 0 spiro atoms. The van der Waals surface area contributed by atoms with Gasteiger partial charge in [-0.2, -0.15) is 0 Å². The van der Waals surface area contributed by atoms with Gasteiger partial charge in [0.15, 0.2) is 0 Å². The zero-order valence-electron chi connectivity index (χ0n) is 17.9. The zero-order chi connectivity index (χ0) is 21.8. The van der Waals surface area contributed by atoms with E-state index in [9.17, 15) is 13.2 Å². The molecular formula is C22H30N2O4S. The van der Waals surface area contributed by atoms with Crippen molar-refractivity contribution in [2.75, 3.05) is 17.7 Å². The number of aryl methyl sites for hydroxylation is 2. The Bertz CT molecular complexity index is 955. The highest BCUT2D eigenvalue weighted by atomic mass is 32.2. The summed E-state index contributed by atoms with van der Waals surface area (Å²) in [7, 11) is -2.06. The van der Waals surface area contributed by atoms with Gasteiger partial charge >= 0.3 is 0 Å². The van der Waals surface area contributed by atoms with Crippen LogP contribution < -0.4 is 14.4 Å². The predicted octanol–water partition coefficient (Wildman–Crippen LogP) is 3.73. The van der Waals surface area contributed by atoms with Gasteiger partial charge in [0.1, 0.15) is 11.8 Å². The van der Waals surface area contributed by atoms with Gasteiger partial charge in [-0.05, 0) is 62.1 Å². The fraction of sp³-hybridized carbons (Fsp3) is 0.409. The number of methoxy groups -OCH3 is 1. The molecule has 0 aliphatic heterocycles. The van der Waals surface area contributed by atoms with Crippen LogP contribution in [0.2, 0.25) is 0 Å². The lowest BCUT2D eigenvalue weighted by Gasteiger charge is -2.31. The highest BCUT2D eigenvalue weighted by Gasteiger charge is 2.31. The molecule has 0 aromatic heterocycles. The third kappa shape index (κ3) is 5.50. The average Bonchev–Trinajstić information content (AvgIpc) is 2.67. The number of benzene rings is 2. The number of carbonyl (C=O) groups excluding carboxylic acids is 1. The molecule has 2 unspecified atom stereocenters. The number of anilines is 1. The predicted molar refractivity (Wildman–Crippen MR) is 117 cm³/mol. The third-order valence-corrected chi connectivity index (χ3v) is 6.16. The van der Waals surface area contributed by atoms with E-state index in [1.807, 2.05) is 57.2 Å². The Morgan fingerprint density at radius 3 is 2.28 bits per heavy atom. The Balaban J connectivity index is 2.31. The molecule has 0 aliphatic carbocycles. The van der Waals surface area contributed by atoms with E-state index in [2.05, 4.69) is 5.32 Å². The molecule has 1 N–H and O–H groups in total. The molecular weight excluding hydrogens is 388 g/mol. The van der Waals surface area contributed by atoms with Crippen molar-refractivity contribution in [1.29, 1.82) is 0 Å². The SMILES string of the molecule is CCC(NC(=O)C(C)N(c1cc(C)ccc1C)S(C)(=O)=O)c1ccc(OC)cc1. The van der Waals surface area contributed by atoms with Crippen molar-refractivity contribution in [2.45, 2.75) is 46.2 Å². The van der Waals surface area contributed by atoms with E-state index in [0.717, 1.165) is 28.7 Å². The normalized spacial score (nSPS) is 13.4. The molecule has 0 heterocycles. The molecule has 0 saturated heterocycles. The van der Waals surface area contributed by atoms with Gasteiger partial charge in [-0.15, -0.1) is 0 Å². The van der Waals surface area contributed by atoms with E-state index in [1.165, 1.54) is 4.31 Å². The van der Waals surface area contributed by atoms with Crippen LogP contribution in [0.4, 0.5) is 5.69 Å². The minimum atomic E-state index is -3.66. The van der Waals surface area contributed by atoms with Gasteiger partial charge in [0.05, 0.1) is 25.1 Å². The fourth-order valence-corrected chi connectivity index (χ4v) is 4.51. The van der Waals surface area contributed by atoms with Crippen LogP contribution in [0.15, 0.2) is 42.5 Å². The van der Waals surface area contributed by atoms with Gasteiger partial charge in [-0.25, -0.2) is 8.42 Å². The maximum atomic E-state index is 13.0. The fourth-order valence-electron chi connectivity index (χ4n) is 3.29. The molecule has 6 nitrogen and oxygen atoms in total. The molecule has 2 atom stereocenters. The lowest BCUT2D eigenvalue weighted by Crippen LogP contribution is -2.48. The second-order valence-corrected chi connectivity index (χ2v) is 9.13. The van der Waals surface area contributed by atoms with Gasteiger partial charge in [-0.1, -0.05) is 31.2 Å². The van der Waals surface area contributed by atoms with E-state index in [0.29, 0.717) is 12.1 Å². The number of hydrogen-bond acceptors (Lipinski definition) is 4. The largest absolute Gasteiger partial charge is 0.497 e. The summed E-state index contributed by atoms with van der Waals surface area (Å²) in [6.45, 7) is 7.31. The first-order valence-electron chi connectivity index (χ1n) is 9.59. The van der Waals surface area contributed by atoms with Crippen LogP contribution in [-0.4, -0.2) is 33.7 Å². The smallest absolute Gasteiger partial charge is 0.244 e. The zero-order valence-corrected chi connectivity index (χ0v) is 18.7. The number of carbonyl (C=O) groups is 1. The van der Waals surface area contributed by atoms with E-state index in [4.69, 9.17) is 4.74 Å². The molecule has 0 bridgehead atoms. The number of nitrogens with one attached hydrogen (secondary N) is 1. The molecule has 2 aromatic rings. The van der Waals surface area contributed by atoms with Crippen LogP contribution in [0.5, 0.6) is 5.75 Å². The van der Waals surface area contributed by atoms with Crippen molar-refractivity contribution in [3.63, 3.8) is 0 Å². The lowest BCUT2D eigenvalue weighted by molar-refractivity contribution is -0.122. The quantitative estimate of drug-likeness (QED) is 0.709. The summed E-state index contributed by atoms with van der Waals surface area (Å²) >= 11 is 0. The van der Waals surface area contributed by atoms with Crippen molar-refractivity contribution < 1.29 is 17.9 Å². The Kier molecular flexibility index (Phi) is 7.30. The van der Waals surface area contributed by atoms with Gasteiger partial charge in [0.2, 0.25) is 15.9 Å². The maximum absolute atomic E-state index is 13.0. The van der Waals surface area contributed by atoms with Crippen LogP contribution in [-0.2, 0) is 14.8 Å².